The first kappa shape index (κ1) is 21.3. The van der Waals surface area contributed by atoms with Gasteiger partial charge in [-0.1, -0.05) is 24.8 Å². The van der Waals surface area contributed by atoms with Gasteiger partial charge in [-0.3, -0.25) is 10.0 Å². The van der Waals surface area contributed by atoms with E-state index in [2.05, 4.69) is 27.2 Å². The molecule has 11 heteroatoms. The number of nitrogens with zero attached hydrogens (tertiary/aromatic N) is 3. The minimum Gasteiger partial charge on any atom is -0.324 e. The molecule has 8 nitrogen and oxygen atoms in total. The molecule has 4 rings (SSSR count). The highest BCUT2D eigenvalue weighted by Crippen LogP contribution is 2.38. The van der Waals surface area contributed by atoms with Crippen molar-refractivity contribution in [3.05, 3.63) is 72.4 Å². The van der Waals surface area contributed by atoms with E-state index in [4.69, 9.17) is 4.84 Å². The van der Waals surface area contributed by atoms with Crippen LogP contribution in [0.3, 0.4) is 0 Å². The maximum atomic E-state index is 13.6. The first-order chi connectivity index (χ1) is 15.3. The molecule has 164 valence electrons. The van der Waals surface area contributed by atoms with Crippen LogP contribution in [-0.2, 0) is 22.4 Å². The standard InChI is InChI=1S/C21H16F3N5O3/c1-2-18(30)26-13-6-3-5-12(9-13)19-15(21(22,23)24)10-25-20(28-19)27-16-7-4-8-17-14(16)11-32-29(17)31/h2-10,31H,1,11H2,(H,26,30)(H,25,27,28). The lowest BCUT2D eigenvalue weighted by Gasteiger charge is -2.15. The predicted molar refractivity (Wildman–Crippen MR) is 110 cm³/mol. The summed E-state index contributed by atoms with van der Waals surface area (Å²) in [5, 5.41) is 15.7. The first-order valence-electron chi connectivity index (χ1n) is 9.25. The van der Waals surface area contributed by atoms with E-state index >= 15 is 0 Å². The maximum absolute atomic E-state index is 13.6. The van der Waals surface area contributed by atoms with Gasteiger partial charge in [0.25, 0.3) is 0 Å². The second-order valence-electron chi connectivity index (χ2n) is 6.70. The summed E-state index contributed by atoms with van der Waals surface area (Å²) in [6.45, 7) is 3.41. The van der Waals surface area contributed by atoms with Crippen molar-refractivity contribution in [2.75, 3.05) is 15.9 Å². The highest BCUT2D eigenvalue weighted by atomic mass is 19.4. The van der Waals surface area contributed by atoms with Crippen molar-refractivity contribution in [1.82, 2.24) is 9.97 Å². The number of alkyl halides is 3. The Morgan fingerprint density at radius 1 is 1.25 bits per heavy atom. The largest absolute Gasteiger partial charge is 0.419 e. The number of rotatable bonds is 5. The normalized spacial score (nSPS) is 12.9. The molecule has 0 atom stereocenters. The molecule has 32 heavy (non-hydrogen) atoms. The van der Waals surface area contributed by atoms with Crippen LogP contribution in [0, 0.1) is 0 Å². The molecule has 0 spiro atoms. The summed E-state index contributed by atoms with van der Waals surface area (Å²) >= 11 is 0. The summed E-state index contributed by atoms with van der Waals surface area (Å²) in [4.78, 5) is 24.5. The summed E-state index contributed by atoms with van der Waals surface area (Å²) in [5.74, 6) is -0.584. The molecule has 0 fully saturated rings. The van der Waals surface area contributed by atoms with E-state index in [0.717, 1.165) is 6.08 Å². The van der Waals surface area contributed by atoms with Gasteiger partial charge in [0.1, 0.15) is 17.9 Å². The number of anilines is 4. The van der Waals surface area contributed by atoms with Gasteiger partial charge in [-0.2, -0.15) is 13.2 Å². The SMILES string of the molecule is C=CC(=O)Nc1cccc(-c2nc(Nc3cccc4c3CON4O)ncc2C(F)(F)F)c1. The van der Waals surface area contributed by atoms with Crippen LogP contribution in [0.2, 0.25) is 0 Å². The van der Waals surface area contributed by atoms with Crippen LogP contribution in [0.25, 0.3) is 11.3 Å². The Morgan fingerprint density at radius 3 is 2.78 bits per heavy atom. The van der Waals surface area contributed by atoms with Gasteiger partial charge < -0.3 is 10.6 Å². The zero-order valence-corrected chi connectivity index (χ0v) is 16.3. The molecule has 0 saturated carbocycles. The van der Waals surface area contributed by atoms with Crippen molar-refractivity contribution in [2.24, 2.45) is 0 Å². The molecule has 3 N–H and O–H groups in total. The number of aromatic nitrogens is 2. The Kier molecular flexibility index (Phi) is 5.51. The second kappa shape index (κ2) is 8.29. The van der Waals surface area contributed by atoms with Crippen molar-refractivity contribution >= 4 is 28.9 Å². The third kappa shape index (κ3) is 4.24. The van der Waals surface area contributed by atoms with Crippen LogP contribution in [0.15, 0.2) is 61.3 Å². The van der Waals surface area contributed by atoms with Crippen molar-refractivity contribution in [1.29, 1.82) is 0 Å². The topological polar surface area (TPSA) is 99.6 Å². The molecule has 2 heterocycles. The fourth-order valence-corrected chi connectivity index (χ4v) is 3.15. The number of carbonyl (C=O) groups is 1. The average molecular weight is 443 g/mol. The van der Waals surface area contributed by atoms with Gasteiger partial charge in [0, 0.05) is 28.7 Å². The van der Waals surface area contributed by atoms with Crippen LogP contribution < -0.4 is 15.9 Å². The van der Waals surface area contributed by atoms with Crippen LogP contribution in [-0.4, -0.2) is 21.1 Å². The van der Waals surface area contributed by atoms with Gasteiger partial charge in [-0.05, 0) is 30.3 Å². The van der Waals surface area contributed by atoms with Crippen molar-refractivity contribution < 1.29 is 28.0 Å². The number of benzene rings is 2. The summed E-state index contributed by atoms with van der Waals surface area (Å²) in [7, 11) is 0. The highest BCUT2D eigenvalue weighted by molar-refractivity contribution is 5.99. The average Bonchev–Trinajstić information content (AvgIpc) is 3.15. The first-order valence-corrected chi connectivity index (χ1v) is 9.25. The van der Waals surface area contributed by atoms with Crippen LogP contribution in [0.5, 0.6) is 0 Å². The quantitative estimate of drug-likeness (QED) is 0.493. The van der Waals surface area contributed by atoms with Crippen molar-refractivity contribution in [3.63, 3.8) is 0 Å². The predicted octanol–water partition coefficient (Wildman–Crippen LogP) is 4.67. The molecular formula is C21H16F3N5O3. The Labute approximate surface area is 179 Å². The Morgan fingerprint density at radius 2 is 2.03 bits per heavy atom. The fraction of sp³-hybridized carbons (Fsp3) is 0.0952. The third-order valence-electron chi connectivity index (χ3n) is 4.62. The molecule has 1 aliphatic rings. The van der Waals surface area contributed by atoms with Gasteiger partial charge in [0.15, 0.2) is 0 Å². The maximum Gasteiger partial charge on any atom is 0.419 e. The molecule has 1 aliphatic heterocycles. The van der Waals surface area contributed by atoms with E-state index in [1.807, 2.05) is 0 Å². The lowest BCUT2D eigenvalue weighted by atomic mass is 10.1. The third-order valence-corrected chi connectivity index (χ3v) is 4.62. The number of amides is 1. The van der Waals surface area contributed by atoms with E-state index in [-0.39, 0.29) is 29.5 Å². The Balaban J connectivity index is 1.75. The number of hydrogen-bond donors (Lipinski definition) is 3. The van der Waals surface area contributed by atoms with Crippen molar-refractivity contribution in [2.45, 2.75) is 12.8 Å². The molecule has 0 unspecified atom stereocenters. The molecule has 0 bridgehead atoms. The zero-order valence-electron chi connectivity index (χ0n) is 16.3. The lowest BCUT2D eigenvalue weighted by molar-refractivity contribution is -0.137. The summed E-state index contributed by atoms with van der Waals surface area (Å²) in [6.07, 6.45) is -2.96. The smallest absolute Gasteiger partial charge is 0.324 e. The number of carbonyl (C=O) groups excluding carboxylic acids is 1. The molecule has 2 aromatic carbocycles. The van der Waals surface area contributed by atoms with Gasteiger partial charge in [0.05, 0.1) is 5.69 Å². The van der Waals surface area contributed by atoms with Crippen molar-refractivity contribution in [3.8, 4) is 11.3 Å². The highest BCUT2D eigenvalue weighted by Gasteiger charge is 2.35. The fourth-order valence-electron chi connectivity index (χ4n) is 3.15. The zero-order chi connectivity index (χ0) is 22.9. The van der Waals surface area contributed by atoms with E-state index in [9.17, 15) is 23.2 Å². The van der Waals surface area contributed by atoms with Gasteiger partial charge >= 0.3 is 6.18 Å². The van der Waals surface area contributed by atoms with Crippen LogP contribution in [0.4, 0.5) is 36.2 Å². The van der Waals surface area contributed by atoms with Gasteiger partial charge in [-0.15, -0.1) is 5.23 Å². The molecule has 3 aromatic rings. The second-order valence-corrected chi connectivity index (χ2v) is 6.70. The summed E-state index contributed by atoms with van der Waals surface area (Å²) in [6, 6.07) is 10.8. The minimum absolute atomic E-state index is 0.0630. The Bertz CT molecular complexity index is 1200. The molecule has 1 amide bonds. The molecule has 0 aliphatic carbocycles. The van der Waals surface area contributed by atoms with Crippen LogP contribution >= 0.6 is 0 Å². The Hall–Kier alpha value is -3.96. The van der Waals surface area contributed by atoms with E-state index < -0.39 is 17.6 Å². The molecule has 1 aromatic heterocycles. The number of fused-ring (bicyclic) bond motifs is 1. The monoisotopic (exact) mass is 443 g/mol. The number of halogens is 3. The van der Waals surface area contributed by atoms with Gasteiger partial charge in [0.2, 0.25) is 11.9 Å². The lowest BCUT2D eigenvalue weighted by Crippen LogP contribution is -2.12. The van der Waals surface area contributed by atoms with E-state index in [0.29, 0.717) is 28.4 Å². The minimum atomic E-state index is -4.70. The molecule has 0 radical (unpaired) electrons. The molecular weight excluding hydrogens is 427 g/mol. The number of hydrogen-bond acceptors (Lipinski definition) is 7. The summed E-state index contributed by atoms with van der Waals surface area (Å²) < 4.78 is 40.9. The van der Waals surface area contributed by atoms with E-state index in [1.165, 1.54) is 24.3 Å². The van der Waals surface area contributed by atoms with Crippen LogP contribution in [0.1, 0.15) is 11.1 Å². The van der Waals surface area contributed by atoms with E-state index in [1.54, 1.807) is 18.2 Å². The summed E-state index contributed by atoms with van der Waals surface area (Å²) in [5.41, 5.74) is 0.483. The number of nitrogens with one attached hydrogen (secondary N) is 2. The van der Waals surface area contributed by atoms with Gasteiger partial charge in [-0.25, -0.2) is 14.8 Å². The molecule has 0 saturated heterocycles.